The van der Waals surface area contributed by atoms with E-state index >= 15 is 0 Å². The Labute approximate surface area is 83.6 Å². The van der Waals surface area contributed by atoms with Crippen LogP contribution in [0, 0.1) is 0 Å². The van der Waals surface area contributed by atoms with E-state index in [-0.39, 0.29) is 5.88 Å². The summed E-state index contributed by atoms with van der Waals surface area (Å²) in [7, 11) is 0. The van der Waals surface area contributed by atoms with E-state index in [0.29, 0.717) is 0 Å². The molecule has 76 valence electrons. The first kappa shape index (κ1) is 9.43. The smallest absolute Gasteiger partial charge is 0.210 e. The molecule has 1 fully saturated rings. The highest BCUT2D eigenvalue weighted by Crippen LogP contribution is 2.07. The van der Waals surface area contributed by atoms with Gasteiger partial charge in [0.15, 0.2) is 0 Å². The maximum atomic E-state index is 9.20. The highest BCUT2D eigenvalue weighted by atomic mass is 16.3. The van der Waals surface area contributed by atoms with Gasteiger partial charge in [0.2, 0.25) is 5.88 Å². The summed E-state index contributed by atoms with van der Waals surface area (Å²) in [4.78, 5) is 6.39. The Morgan fingerprint density at radius 3 is 2.86 bits per heavy atom. The minimum atomic E-state index is 0.109. The van der Waals surface area contributed by atoms with Crippen molar-refractivity contribution >= 4 is 0 Å². The van der Waals surface area contributed by atoms with Crippen molar-refractivity contribution in [1.29, 1.82) is 0 Å². The van der Waals surface area contributed by atoms with Crippen molar-refractivity contribution in [2.24, 2.45) is 0 Å². The lowest BCUT2D eigenvalue weighted by Crippen LogP contribution is -2.43. The molecule has 2 heterocycles. The van der Waals surface area contributed by atoms with Gasteiger partial charge in [-0.1, -0.05) is 6.07 Å². The van der Waals surface area contributed by atoms with Crippen LogP contribution in [0.15, 0.2) is 18.2 Å². The van der Waals surface area contributed by atoms with Crippen molar-refractivity contribution in [3.05, 3.63) is 23.9 Å². The van der Waals surface area contributed by atoms with Crippen molar-refractivity contribution in [2.45, 2.75) is 6.54 Å². The molecule has 2 N–H and O–H groups in total. The number of hydrogen-bond donors (Lipinski definition) is 2. The van der Waals surface area contributed by atoms with Gasteiger partial charge in [-0.05, 0) is 6.07 Å². The lowest BCUT2D eigenvalue weighted by atomic mass is 10.3. The summed E-state index contributed by atoms with van der Waals surface area (Å²) in [6.45, 7) is 5.02. The summed E-state index contributed by atoms with van der Waals surface area (Å²) in [5.41, 5.74) is 0.937. The third-order valence-electron chi connectivity index (χ3n) is 2.39. The predicted molar refractivity (Wildman–Crippen MR) is 54.0 cm³/mol. The fourth-order valence-corrected chi connectivity index (χ4v) is 1.65. The molecule has 14 heavy (non-hydrogen) atoms. The number of piperazine rings is 1. The molecule has 0 aliphatic carbocycles. The molecule has 4 nitrogen and oxygen atoms in total. The van der Waals surface area contributed by atoms with Crippen LogP contribution in [0.1, 0.15) is 5.69 Å². The molecule has 1 aromatic heterocycles. The molecule has 0 spiro atoms. The first-order chi connectivity index (χ1) is 6.84. The molecular formula is C10H15N3O. The zero-order valence-corrected chi connectivity index (χ0v) is 8.11. The minimum Gasteiger partial charge on any atom is -0.493 e. The SMILES string of the molecule is Oc1cccc(CN2CCNCC2)n1. The third kappa shape index (κ3) is 2.43. The molecule has 1 saturated heterocycles. The van der Waals surface area contributed by atoms with Gasteiger partial charge in [-0.3, -0.25) is 4.90 Å². The summed E-state index contributed by atoms with van der Waals surface area (Å²) >= 11 is 0. The number of rotatable bonds is 2. The maximum absolute atomic E-state index is 9.20. The van der Waals surface area contributed by atoms with E-state index in [0.717, 1.165) is 38.4 Å². The molecule has 0 radical (unpaired) electrons. The van der Waals surface area contributed by atoms with Gasteiger partial charge in [-0.2, -0.15) is 0 Å². The van der Waals surface area contributed by atoms with Crippen LogP contribution in [-0.4, -0.2) is 41.2 Å². The summed E-state index contributed by atoms with van der Waals surface area (Å²) < 4.78 is 0. The topological polar surface area (TPSA) is 48.4 Å². The van der Waals surface area contributed by atoms with Gasteiger partial charge in [0.1, 0.15) is 0 Å². The minimum absolute atomic E-state index is 0.109. The van der Waals surface area contributed by atoms with Crippen molar-refractivity contribution < 1.29 is 5.11 Å². The molecule has 1 aliphatic rings. The van der Waals surface area contributed by atoms with E-state index in [9.17, 15) is 5.11 Å². The monoisotopic (exact) mass is 193 g/mol. The van der Waals surface area contributed by atoms with Crippen molar-refractivity contribution in [1.82, 2.24) is 15.2 Å². The zero-order valence-electron chi connectivity index (χ0n) is 8.11. The second-order valence-electron chi connectivity index (χ2n) is 3.51. The highest BCUT2D eigenvalue weighted by molar-refractivity contribution is 5.14. The first-order valence-corrected chi connectivity index (χ1v) is 4.92. The highest BCUT2D eigenvalue weighted by Gasteiger charge is 2.10. The van der Waals surface area contributed by atoms with Gasteiger partial charge in [0, 0.05) is 38.8 Å². The Morgan fingerprint density at radius 1 is 1.36 bits per heavy atom. The molecule has 0 bridgehead atoms. The molecule has 1 aromatic rings. The molecule has 4 heteroatoms. The van der Waals surface area contributed by atoms with Gasteiger partial charge in [0.05, 0.1) is 5.69 Å². The predicted octanol–water partition coefficient (Wildman–Crippen LogP) is 0.192. The Kier molecular flexibility index (Phi) is 2.96. The van der Waals surface area contributed by atoms with Crippen LogP contribution in [-0.2, 0) is 6.54 Å². The average Bonchev–Trinajstić information content (AvgIpc) is 2.19. The lowest BCUT2D eigenvalue weighted by Gasteiger charge is -2.26. The van der Waals surface area contributed by atoms with Crippen molar-refractivity contribution in [2.75, 3.05) is 26.2 Å². The molecule has 1 aliphatic heterocycles. The zero-order chi connectivity index (χ0) is 9.80. The number of aromatic nitrogens is 1. The van der Waals surface area contributed by atoms with Crippen LogP contribution >= 0.6 is 0 Å². The van der Waals surface area contributed by atoms with Crippen LogP contribution in [0.3, 0.4) is 0 Å². The Bertz CT molecular complexity index is 297. The van der Waals surface area contributed by atoms with Crippen LogP contribution in [0.25, 0.3) is 0 Å². The number of nitrogens with one attached hydrogen (secondary N) is 1. The van der Waals surface area contributed by atoms with Crippen molar-refractivity contribution in [3.63, 3.8) is 0 Å². The van der Waals surface area contributed by atoms with Crippen LogP contribution < -0.4 is 5.32 Å². The third-order valence-corrected chi connectivity index (χ3v) is 2.39. The van der Waals surface area contributed by atoms with Gasteiger partial charge in [-0.25, -0.2) is 4.98 Å². The summed E-state index contributed by atoms with van der Waals surface area (Å²) in [6, 6.07) is 5.38. The molecule has 0 atom stereocenters. The molecular weight excluding hydrogens is 178 g/mol. The number of pyridine rings is 1. The van der Waals surface area contributed by atoms with E-state index in [1.54, 1.807) is 6.07 Å². The van der Waals surface area contributed by atoms with E-state index < -0.39 is 0 Å². The van der Waals surface area contributed by atoms with Gasteiger partial charge >= 0.3 is 0 Å². The second kappa shape index (κ2) is 4.39. The molecule has 0 saturated carbocycles. The standard InChI is InChI=1S/C10H15N3O/c14-10-3-1-2-9(12-10)8-13-6-4-11-5-7-13/h1-3,11H,4-8H2,(H,12,14). The fourth-order valence-electron chi connectivity index (χ4n) is 1.65. The van der Waals surface area contributed by atoms with E-state index in [2.05, 4.69) is 15.2 Å². The van der Waals surface area contributed by atoms with Crippen molar-refractivity contribution in [3.8, 4) is 5.88 Å². The molecule has 2 rings (SSSR count). The lowest BCUT2D eigenvalue weighted by molar-refractivity contribution is 0.230. The van der Waals surface area contributed by atoms with Crippen LogP contribution in [0.4, 0.5) is 0 Å². The maximum Gasteiger partial charge on any atom is 0.210 e. The van der Waals surface area contributed by atoms with Crippen LogP contribution in [0.2, 0.25) is 0 Å². The quantitative estimate of drug-likeness (QED) is 0.704. The summed E-state index contributed by atoms with van der Waals surface area (Å²) in [5, 5.41) is 12.5. The number of nitrogens with zero attached hydrogens (tertiary/aromatic N) is 2. The largest absolute Gasteiger partial charge is 0.493 e. The first-order valence-electron chi connectivity index (χ1n) is 4.92. The Hall–Kier alpha value is -1.13. The van der Waals surface area contributed by atoms with E-state index in [1.165, 1.54) is 0 Å². The van der Waals surface area contributed by atoms with Gasteiger partial charge < -0.3 is 10.4 Å². The van der Waals surface area contributed by atoms with Crippen LogP contribution in [0.5, 0.6) is 5.88 Å². The summed E-state index contributed by atoms with van der Waals surface area (Å²) in [6.07, 6.45) is 0. The van der Waals surface area contributed by atoms with E-state index in [1.807, 2.05) is 12.1 Å². The number of aromatic hydroxyl groups is 1. The summed E-state index contributed by atoms with van der Waals surface area (Å²) in [5.74, 6) is 0.109. The fraction of sp³-hybridized carbons (Fsp3) is 0.500. The average molecular weight is 193 g/mol. The Balaban J connectivity index is 1.95. The Morgan fingerprint density at radius 2 is 2.14 bits per heavy atom. The number of hydrogen-bond acceptors (Lipinski definition) is 4. The van der Waals surface area contributed by atoms with Gasteiger partial charge in [-0.15, -0.1) is 0 Å². The molecule has 0 unspecified atom stereocenters. The molecule has 0 amide bonds. The van der Waals surface area contributed by atoms with E-state index in [4.69, 9.17) is 0 Å². The van der Waals surface area contributed by atoms with Gasteiger partial charge in [0.25, 0.3) is 0 Å². The normalized spacial score (nSPS) is 18.3. The molecule has 0 aromatic carbocycles. The second-order valence-corrected chi connectivity index (χ2v) is 3.51.